The Kier molecular flexibility index (Phi) is 2.46. The normalized spacial score (nSPS) is 9.08. The first-order valence-electron chi connectivity index (χ1n) is 3.25. The minimum absolute atomic E-state index is 0.370. The van der Waals surface area contributed by atoms with E-state index in [0.29, 0.717) is 10.6 Å². The van der Waals surface area contributed by atoms with Crippen LogP contribution >= 0.6 is 11.3 Å². The van der Waals surface area contributed by atoms with E-state index in [1.165, 1.54) is 18.4 Å². The van der Waals surface area contributed by atoms with E-state index in [2.05, 4.69) is 9.58 Å². The molecule has 12 heavy (non-hydrogen) atoms. The van der Waals surface area contributed by atoms with Crippen LogP contribution in [0.15, 0.2) is 6.07 Å². The summed E-state index contributed by atoms with van der Waals surface area (Å²) < 4.78 is 4.52. The van der Waals surface area contributed by atoms with Gasteiger partial charge in [-0.15, -0.1) is 0 Å². The van der Waals surface area contributed by atoms with Gasteiger partial charge < -0.3 is 4.74 Å². The number of nitrogens with zero attached hydrogens (tertiary/aromatic N) is 1. The fourth-order valence-electron chi connectivity index (χ4n) is 0.841. The topological polar surface area (TPSA) is 30.7 Å². The zero-order valence-electron chi connectivity index (χ0n) is 6.75. The third-order valence-electron chi connectivity index (χ3n) is 1.34. The highest BCUT2D eigenvalue weighted by atomic mass is 32.1. The summed E-state index contributed by atoms with van der Waals surface area (Å²) in [5, 5.41) is 0.402. The average Bonchev–Trinajstić information content (AvgIpc) is 2.45. The van der Waals surface area contributed by atoms with Crippen molar-refractivity contribution in [3.8, 4) is 0 Å². The Hall–Kier alpha value is -1.34. The van der Waals surface area contributed by atoms with Gasteiger partial charge in [0.05, 0.1) is 19.2 Å². The summed E-state index contributed by atoms with van der Waals surface area (Å²) >= 11 is 1.30. The highest BCUT2D eigenvalue weighted by Gasteiger charge is 2.14. The molecule has 0 aliphatic heterocycles. The van der Waals surface area contributed by atoms with Crippen molar-refractivity contribution in [2.24, 2.45) is 0 Å². The van der Waals surface area contributed by atoms with Crippen molar-refractivity contribution in [1.29, 1.82) is 0 Å². The van der Waals surface area contributed by atoms with E-state index in [-0.39, 0.29) is 0 Å². The van der Waals surface area contributed by atoms with Crippen molar-refractivity contribution < 1.29 is 9.53 Å². The Balaban J connectivity index is 3.15. The zero-order valence-corrected chi connectivity index (χ0v) is 7.57. The molecule has 0 saturated heterocycles. The maximum Gasteiger partial charge on any atom is 0.328 e. The molecular weight excluding hydrogens is 174 g/mol. The number of esters is 1. The first-order valence-corrected chi connectivity index (χ1v) is 4.07. The monoisotopic (exact) mass is 181 g/mol. The molecule has 0 unspecified atom stereocenters. The average molecular weight is 181 g/mol. The molecule has 0 amide bonds. The van der Waals surface area contributed by atoms with Gasteiger partial charge in [-0.05, 0) is 17.9 Å². The van der Waals surface area contributed by atoms with Crippen molar-refractivity contribution >= 4 is 22.3 Å². The van der Waals surface area contributed by atoms with Crippen LogP contribution in [-0.2, 0) is 4.74 Å². The lowest BCUT2D eigenvalue weighted by Gasteiger charge is -1.93. The van der Waals surface area contributed by atoms with Crippen molar-refractivity contribution in [1.82, 2.24) is 0 Å². The van der Waals surface area contributed by atoms with Gasteiger partial charge in [-0.1, -0.05) is 0 Å². The number of carbonyl (C=O) groups is 1. The summed E-state index contributed by atoms with van der Waals surface area (Å²) in [4.78, 5) is 15.2. The summed E-state index contributed by atoms with van der Waals surface area (Å²) in [7, 11) is 1.31. The fourth-order valence-corrected chi connectivity index (χ4v) is 1.62. The van der Waals surface area contributed by atoms with Gasteiger partial charge in [0.15, 0.2) is 0 Å². The van der Waals surface area contributed by atoms with Crippen molar-refractivity contribution in [3.05, 3.63) is 27.9 Å². The molecule has 0 N–H and O–H groups in total. The van der Waals surface area contributed by atoms with Gasteiger partial charge in [-0.3, -0.25) is 0 Å². The van der Waals surface area contributed by atoms with Crippen LogP contribution in [0, 0.1) is 13.5 Å². The molecule has 0 spiro atoms. The Bertz CT molecular complexity index is 348. The molecule has 0 aliphatic carbocycles. The molecule has 4 heteroatoms. The van der Waals surface area contributed by atoms with Crippen molar-refractivity contribution in [3.63, 3.8) is 0 Å². The van der Waals surface area contributed by atoms with Crippen LogP contribution in [-0.4, -0.2) is 13.1 Å². The van der Waals surface area contributed by atoms with Gasteiger partial charge in [-0.25, -0.2) is 9.64 Å². The van der Waals surface area contributed by atoms with E-state index in [1.807, 2.05) is 6.92 Å². The van der Waals surface area contributed by atoms with Gasteiger partial charge in [-0.2, -0.15) is 11.3 Å². The number of ether oxygens (including phenoxy) is 1. The molecule has 0 saturated carbocycles. The molecule has 0 aliphatic rings. The van der Waals surface area contributed by atoms with E-state index in [0.717, 1.165) is 4.88 Å². The molecule has 1 aromatic heterocycles. The van der Waals surface area contributed by atoms with Crippen molar-refractivity contribution in [2.75, 3.05) is 7.11 Å². The molecule has 62 valence electrons. The summed E-state index contributed by atoms with van der Waals surface area (Å²) in [6, 6.07) is 1.67. The van der Waals surface area contributed by atoms with Crippen LogP contribution in [0.1, 0.15) is 15.2 Å². The summed E-state index contributed by atoms with van der Waals surface area (Å²) in [5.41, 5.74) is 0.370. The summed E-state index contributed by atoms with van der Waals surface area (Å²) in [6.07, 6.45) is 0. The second kappa shape index (κ2) is 3.37. The van der Waals surface area contributed by atoms with Gasteiger partial charge in [0.1, 0.15) is 0 Å². The number of thiophene rings is 1. The predicted molar refractivity (Wildman–Crippen MR) is 46.7 cm³/mol. The molecule has 0 radical (unpaired) electrons. The second-order valence-electron chi connectivity index (χ2n) is 2.18. The Morgan fingerprint density at radius 1 is 1.75 bits per heavy atom. The number of rotatable bonds is 1. The quantitative estimate of drug-likeness (QED) is 0.492. The second-order valence-corrected chi connectivity index (χ2v) is 3.41. The third kappa shape index (κ3) is 1.46. The van der Waals surface area contributed by atoms with E-state index < -0.39 is 5.97 Å². The predicted octanol–water partition coefficient (Wildman–Crippen LogP) is 2.39. The Morgan fingerprint density at radius 3 is 2.92 bits per heavy atom. The van der Waals surface area contributed by atoms with Crippen LogP contribution in [0.4, 0.5) is 5.00 Å². The first kappa shape index (κ1) is 8.75. The van der Waals surface area contributed by atoms with E-state index in [1.54, 1.807) is 6.07 Å². The summed E-state index contributed by atoms with van der Waals surface area (Å²) in [6.45, 7) is 8.65. The van der Waals surface area contributed by atoms with Crippen molar-refractivity contribution in [2.45, 2.75) is 6.92 Å². The minimum Gasteiger partial charge on any atom is -0.466 e. The van der Waals surface area contributed by atoms with Crippen LogP contribution in [0.3, 0.4) is 0 Å². The van der Waals surface area contributed by atoms with Gasteiger partial charge in [0.2, 0.25) is 0 Å². The highest BCUT2D eigenvalue weighted by molar-refractivity contribution is 7.16. The molecular formula is C8H7NO2S. The smallest absolute Gasteiger partial charge is 0.328 e. The van der Waals surface area contributed by atoms with E-state index in [9.17, 15) is 4.79 Å². The van der Waals surface area contributed by atoms with Gasteiger partial charge in [0, 0.05) is 0 Å². The lowest BCUT2D eigenvalue weighted by atomic mass is 10.3. The lowest BCUT2D eigenvalue weighted by molar-refractivity contribution is 0.0602. The van der Waals surface area contributed by atoms with Crippen LogP contribution in [0.5, 0.6) is 0 Å². The first-order chi connectivity index (χ1) is 5.69. The van der Waals surface area contributed by atoms with Crippen LogP contribution < -0.4 is 0 Å². The molecule has 0 aromatic carbocycles. The maximum absolute atomic E-state index is 11.0. The molecule has 0 bridgehead atoms. The zero-order chi connectivity index (χ0) is 9.14. The standard InChI is InChI=1S/C8H7NO2S/c1-5-4-6(8(10)11-3)7(9-2)12-5/h4H,1,3H3. The molecule has 3 nitrogen and oxygen atoms in total. The number of hydrogen-bond acceptors (Lipinski definition) is 3. The lowest BCUT2D eigenvalue weighted by Crippen LogP contribution is -1.98. The number of hydrogen-bond donors (Lipinski definition) is 0. The minimum atomic E-state index is -0.439. The molecule has 0 atom stereocenters. The molecule has 1 rings (SSSR count). The SMILES string of the molecule is [C-]#[N+]c1sc(C)cc1C(=O)OC. The van der Waals surface area contributed by atoms with E-state index >= 15 is 0 Å². The Morgan fingerprint density at radius 2 is 2.42 bits per heavy atom. The van der Waals surface area contributed by atoms with Crippen LogP contribution in [0.2, 0.25) is 0 Å². The molecule has 1 aromatic rings. The number of carbonyl (C=O) groups excluding carboxylic acids is 1. The maximum atomic E-state index is 11.0. The summed E-state index contributed by atoms with van der Waals surface area (Å²) in [5.74, 6) is -0.439. The highest BCUT2D eigenvalue weighted by Crippen LogP contribution is 2.30. The van der Waals surface area contributed by atoms with Gasteiger partial charge >= 0.3 is 5.97 Å². The number of methoxy groups -OCH3 is 1. The fraction of sp³-hybridized carbons (Fsp3) is 0.250. The molecule has 0 fully saturated rings. The third-order valence-corrected chi connectivity index (χ3v) is 2.29. The Labute approximate surface area is 74.4 Å². The van der Waals surface area contributed by atoms with Crippen LogP contribution in [0.25, 0.3) is 4.85 Å². The largest absolute Gasteiger partial charge is 0.466 e. The van der Waals surface area contributed by atoms with Gasteiger partial charge in [0.25, 0.3) is 5.00 Å². The van der Waals surface area contributed by atoms with E-state index in [4.69, 9.17) is 6.57 Å². The number of aryl methyl sites for hydroxylation is 1. The molecule has 1 heterocycles.